The van der Waals surface area contributed by atoms with E-state index in [4.69, 9.17) is 5.73 Å². The Bertz CT molecular complexity index is 297. The first-order chi connectivity index (χ1) is 7.02. The van der Waals surface area contributed by atoms with Gasteiger partial charge in [-0.3, -0.25) is 9.59 Å². The molecule has 4 atom stereocenters. The summed E-state index contributed by atoms with van der Waals surface area (Å²) >= 11 is 0. The van der Waals surface area contributed by atoms with Crippen molar-refractivity contribution in [3.8, 4) is 0 Å². The van der Waals surface area contributed by atoms with Crippen LogP contribution in [0.3, 0.4) is 0 Å². The molecule has 3 N–H and O–H groups in total. The monoisotopic (exact) mass is 211 g/mol. The topological polar surface area (TPSA) is 75.2 Å². The van der Waals surface area contributed by atoms with E-state index in [0.29, 0.717) is 12.8 Å². The molecule has 2 rings (SSSR count). The molecule has 2 amide bonds. The normalized spacial score (nSPS) is 39.9. The van der Waals surface area contributed by atoms with Crippen molar-refractivity contribution in [1.29, 1.82) is 0 Å². The molecule has 0 aromatic heterocycles. The number of rotatable bonds is 1. The second-order valence-corrected chi connectivity index (χ2v) is 4.47. The maximum atomic E-state index is 12.0. The summed E-state index contributed by atoms with van der Waals surface area (Å²) in [7, 11) is 0. The van der Waals surface area contributed by atoms with Crippen molar-refractivity contribution >= 4 is 11.8 Å². The van der Waals surface area contributed by atoms with Crippen LogP contribution in [0.15, 0.2) is 0 Å². The number of amides is 2. The van der Waals surface area contributed by atoms with Crippen LogP contribution in [0, 0.1) is 0 Å². The lowest BCUT2D eigenvalue weighted by molar-refractivity contribution is -0.135. The van der Waals surface area contributed by atoms with Crippen molar-refractivity contribution < 1.29 is 9.59 Å². The fourth-order valence-electron chi connectivity index (χ4n) is 2.13. The Kier molecular flexibility index (Phi) is 2.42. The zero-order valence-corrected chi connectivity index (χ0v) is 9.06. The van der Waals surface area contributed by atoms with E-state index >= 15 is 0 Å². The first-order valence-electron chi connectivity index (χ1n) is 5.39. The Morgan fingerprint density at radius 2 is 2.07 bits per heavy atom. The maximum absolute atomic E-state index is 12.0. The molecule has 2 heterocycles. The van der Waals surface area contributed by atoms with Crippen LogP contribution in [-0.4, -0.2) is 40.9 Å². The molecule has 5 heteroatoms. The summed E-state index contributed by atoms with van der Waals surface area (Å²) in [6, 6.07) is -0.194. The molecule has 0 aromatic rings. The number of piperidine rings is 1. The van der Waals surface area contributed by atoms with E-state index in [1.54, 1.807) is 4.90 Å². The maximum Gasteiger partial charge on any atom is 0.247 e. The van der Waals surface area contributed by atoms with Gasteiger partial charge in [0.25, 0.3) is 0 Å². The van der Waals surface area contributed by atoms with Gasteiger partial charge in [0.1, 0.15) is 6.04 Å². The minimum Gasteiger partial charge on any atom is -0.343 e. The summed E-state index contributed by atoms with van der Waals surface area (Å²) in [6.07, 6.45) is 1.02. The molecule has 84 valence electrons. The minimum atomic E-state index is -0.515. The van der Waals surface area contributed by atoms with Gasteiger partial charge in [0, 0.05) is 24.5 Å². The van der Waals surface area contributed by atoms with Crippen molar-refractivity contribution in [3.05, 3.63) is 0 Å². The third-order valence-electron chi connectivity index (χ3n) is 3.46. The van der Waals surface area contributed by atoms with Crippen LogP contribution in [-0.2, 0) is 9.59 Å². The second kappa shape index (κ2) is 3.48. The predicted octanol–water partition coefficient (Wildman–Crippen LogP) is -0.788. The van der Waals surface area contributed by atoms with Crippen molar-refractivity contribution in [3.63, 3.8) is 0 Å². The predicted molar refractivity (Wildman–Crippen MR) is 54.9 cm³/mol. The Labute approximate surface area is 89.0 Å². The Balaban J connectivity index is 2.03. The molecule has 15 heavy (non-hydrogen) atoms. The van der Waals surface area contributed by atoms with Crippen molar-refractivity contribution in [1.82, 2.24) is 10.2 Å². The second-order valence-electron chi connectivity index (χ2n) is 4.47. The van der Waals surface area contributed by atoms with Crippen molar-refractivity contribution in [2.75, 3.05) is 0 Å². The third-order valence-corrected chi connectivity index (χ3v) is 3.46. The highest BCUT2D eigenvalue weighted by Crippen LogP contribution is 2.28. The van der Waals surface area contributed by atoms with Gasteiger partial charge in [-0.25, -0.2) is 0 Å². The number of carbonyl (C=O) groups excluding carboxylic acids is 2. The van der Waals surface area contributed by atoms with Crippen LogP contribution in [0.25, 0.3) is 0 Å². The molecule has 5 nitrogen and oxygen atoms in total. The molecule has 0 saturated carbocycles. The van der Waals surface area contributed by atoms with E-state index < -0.39 is 6.04 Å². The van der Waals surface area contributed by atoms with Crippen LogP contribution >= 0.6 is 0 Å². The van der Waals surface area contributed by atoms with Crippen molar-refractivity contribution in [2.45, 2.75) is 50.9 Å². The summed E-state index contributed by atoms with van der Waals surface area (Å²) in [5.74, 6) is -0.104. The number of nitrogens with zero attached hydrogens (tertiary/aromatic N) is 1. The lowest BCUT2D eigenvalue weighted by Crippen LogP contribution is -2.58. The number of carbonyl (C=O) groups is 2. The molecular formula is C10H17N3O2. The molecule has 0 spiro atoms. The molecule has 0 radical (unpaired) electrons. The highest BCUT2D eigenvalue weighted by atomic mass is 16.2. The molecule has 2 aliphatic rings. The number of hydrogen-bond donors (Lipinski definition) is 2. The number of nitrogens with two attached hydrogens (primary N) is 1. The SMILES string of the molecule is CC1C(C)N1C(=O)[C@@H]1NC(=O)CC[C@H]1N. The molecule has 2 unspecified atom stereocenters. The summed E-state index contributed by atoms with van der Waals surface area (Å²) in [4.78, 5) is 24.9. The van der Waals surface area contributed by atoms with Gasteiger partial charge < -0.3 is 16.0 Å². The lowest BCUT2D eigenvalue weighted by atomic mass is 9.98. The smallest absolute Gasteiger partial charge is 0.247 e. The molecule has 0 aliphatic carbocycles. The summed E-state index contributed by atoms with van der Waals surface area (Å²) in [5, 5.41) is 2.67. The average Bonchev–Trinajstić information content (AvgIpc) is 2.78. The molecule has 0 bridgehead atoms. The van der Waals surface area contributed by atoms with Gasteiger partial charge in [-0.05, 0) is 20.3 Å². The van der Waals surface area contributed by atoms with Gasteiger partial charge in [0.05, 0.1) is 0 Å². The number of hydrogen-bond acceptors (Lipinski definition) is 3. The van der Waals surface area contributed by atoms with Gasteiger partial charge in [0.2, 0.25) is 11.8 Å². The van der Waals surface area contributed by atoms with Crippen LogP contribution in [0.4, 0.5) is 0 Å². The van der Waals surface area contributed by atoms with E-state index in [-0.39, 0.29) is 29.9 Å². The Hall–Kier alpha value is -1.10. The lowest BCUT2D eigenvalue weighted by Gasteiger charge is -2.28. The molecule has 2 aliphatic heterocycles. The highest BCUT2D eigenvalue weighted by molar-refractivity contribution is 5.91. The molecule has 2 fully saturated rings. The van der Waals surface area contributed by atoms with E-state index in [9.17, 15) is 9.59 Å². The van der Waals surface area contributed by atoms with E-state index in [1.807, 2.05) is 13.8 Å². The zero-order chi connectivity index (χ0) is 11.2. The Morgan fingerprint density at radius 1 is 1.47 bits per heavy atom. The van der Waals surface area contributed by atoms with Crippen molar-refractivity contribution in [2.24, 2.45) is 5.73 Å². The highest BCUT2D eigenvalue weighted by Gasteiger charge is 2.48. The minimum absolute atomic E-state index is 0.0319. The summed E-state index contributed by atoms with van der Waals surface area (Å²) in [5.41, 5.74) is 5.84. The van der Waals surface area contributed by atoms with E-state index in [0.717, 1.165) is 0 Å². The number of nitrogens with one attached hydrogen (secondary N) is 1. The zero-order valence-electron chi connectivity index (χ0n) is 9.06. The molecule has 0 aromatic carbocycles. The first-order valence-corrected chi connectivity index (χ1v) is 5.39. The molecule has 2 saturated heterocycles. The van der Waals surface area contributed by atoms with E-state index in [1.165, 1.54) is 0 Å². The van der Waals surface area contributed by atoms with Gasteiger partial charge >= 0.3 is 0 Å². The fourth-order valence-corrected chi connectivity index (χ4v) is 2.13. The van der Waals surface area contributed by atoms with Gasteiger partial charge in [-0.15, -0.1) is 0 Å². The quantitative estimate of drug-likeness (QED) is 0.558. The van der Waals surface area contributed by atoms with Crippen LogP contribution < -0.4 is 11.1 Å². The van der Waals surface area contributed by atoms with Crippen LogP contribution in [0.5, 0.6) is 0 Å². The van der Waals surface area contributed by atoms with Gasteiger partial charge in [0.15, 0.2) is 0 Å². The average molecular weight is 211 g/mol. The summed E-state index contributed by atoms with van der Waals surface area (Å²) in [6.45, 7) is 4.00. The standard InChI is InChI=1S/C10H17N3O2/c1-5-6(2)13(5)10(15)9-7(11)3-4-8(14)12-9/h5-7,9H,3-4,11H2,1-2H3,(H,12,14)/t5?,6?,7-,9-,13?/m1/s1. The third kappa shape index (κ3) is 1.71. The van der Waals surface area contributed by atoms with Gasteiger partial charge in [-0.2, -0.15) is 0 Å². The largest absolute Gasteiger partial charge is 0.343 e. The van der Waals surface area contributed by atoms with Crippen LogP contribution in [0.1, 0.15) is 26.7 Å². The first kappa shape index (κ1) is 10.4. The Morgan fingerprint density at radius 3 is 2.60 bits per heavy atom. The van der Waals surface area contributed by atoms with E-state index in [2.05, 4.69) is 5.32 Å². The van der Waals surface area contributed by atoms with Gasteiger partial charge in [-0.1, -0.05) is 0 Å². The molecular weight excluding hydrogens is 194 g/mol. The van der Waals surface area contributed by atoms with Crippen LogP contribution in [0.2, 0.25) is 0 Å². The summed E-state index contributed by atoms with van der Waals surface area (Å²) < 4.78 is 0. The fraction of sp³-hybridized carbons (Fsp3) is 0.800.